The first-order chi connectivity index (χ1) is 10.0. The average Bonchev–Trinajstić information content (AvgIpc) is 2.89. The highest BCUT2D eigenvalue weighted by Crippen LogP contribution is 2.27. The van der Waals surface area contributed by atoms with E-state index < -0.39 is 12.0 Å². The maximum Gasteiger partial charge on any atom is 0.453 e. The van der Waals surface area contributed by atoms with Crippen molar-refractivity contribution in [3.8, 4) is 0 Å². The monoisotopic (exact) mass is 300 g/mol. The highest BCUT2D eigenvalue weighted by molar-refractivity contribution is 5.44. The van der Waals surface area contributed by atoms with Gasteiger partial charge in [-0.25, -0.2) is 0 Å². The predicted molar refractivity (Wildman–Crippen MR) is 69.9 cm³/mol. The van der Waals surface area contributed by atoms with E-state index >= 15 is 0 Å². The van der Waals surface area contributed by atoms with Crippen LogP contribution in [-0.4, -0.2) is 39.4 Å². The van der Waals surface area contributed by atoms with Gasteiger partial charge in [0.05, 0.1) is 0 Å². The Morgan fingerprint density at radius 1 is 1.33 bits per heavy atom. The summed E-state index contributed by atoms with van der Waals surface area (Å²) in [7, 11) is 0. The molecule has 6 nitrogen and oxygen atoms in total. The molecule has 9 heteroatoms. The van der Waals surface area contributed by atoms with Gasteiger partial charge < -0.3 is 10.6 Å². The largest absolute Gasteiger partial charge is 0.453 e. The van der Waals surface area contributed by atoms with Gasteiger partial charge in [0.1, 0.15) is 5.82 Å². The number of hydrogen-bond acceptors (Lipinski definition) is 5. The molecular weight excluding hydrogens is 285 g/mol. The van der Waals surface area contributed by atoms with Crippen LogP contribution >= 0.6 is 0 Å². The van der Waals surface area contributed by atoms with Gasteiger partial charge in [0.25, 0.3) is 5.82 Å². The first-order valence-electron chi connectivity index (χ1n) is 6.78. The molecule has 1 aliphatic heterocycles. The highest BCUT2D eigenvalue weighted by Gasteiger charge is 2.37. The third-order valence-electron chi connectivity index (χ3n) is 3.49. The van der Waals surface area contributed by atoms with E-state index in [1.165, 1.54) is 6.07 Å². The SMILES string of the molecule is FC(F)(F)c1nnc2ccc(NCC3CCCNC3)nn12. The number of aromatic nitrogens is 4. The Morgan fingerprint density at radius 2 is 2.19 bits per heavy atom. The summed E-state index contributed by atoms with van der Waals surface area (Å²) in [6.07, 6.45) is -2.36. The van der Waals surface area contributed by atoms with E-state index in [1.807, 2.05) is 0 Å². The third-order valence-corrected chi connectivity index (χ3v) is 3.49. The second-order valence-corrected chi connectivity index (χ2v) is 5.10. The first kappa shape index (κ1) is 14.1. The normalized spacial score (nSPS) is 19.9. The van der Waals surface area contributed by atoms with Crippen molar-refractivity contribution in [1.29, 1.82) is 0 Å². The molecule has 0 aromatic carbocycles. The van der Waals surface area contributed by atoms with Crippen LogP contribution in [-0.2, 0) is 6.18 Å². The van der Waals surface area contributed by atoms with Crippen molar-refractivity contribution in [3.63, 3.8) is 0 Å². The van der Waals surface area contributed by atoms with Gasteiger partial charge in [-0.2, -0.15) is 17.7 Å². The smallest absolute Gasteiger partial charge is 0.368 e. The van der Waals surface area contributed by atoms with Crippen LogP contribution in [0.25, 0.3) is 5.65 Å². The van der Waals surface area contributed by atoms with Crippen molar-refractivity contribution < 1.29 is 13.2 Å². The number of fused-ring (bicyclic) bond motifs is 1. The van der Waals surface area contributed by atoms with E-state index in [2.05, 4.69) is 25.9 Å². The number of anilines is 1. The average molecular weight is 300 g/mol. The van der Waals surface area contributed by atoms with Crippen LogP contribution in [0.5, 0.6) is 0 Å². The molecule has 1 atom stereocenters. The van der Waals surface area contributed by atoms with Crippen LogP contribution in [0.2, 0.25) is 0 Å². The molecule has 0 spiro atoms. The second kappa shape index (κ2) is 5.47. The molecule has 0 amide bonds. The quantitative estimate of drug-likeness (QED) is 0.900. The number of halogens is 3. The number of rotatable bonds is 3. The zero-order valence-corrected chi connectivity index (χ0v) is 11.2. The van der Waals surface area contributed by atoms with Gasteiger partial charge >= 0.3 is 6.18 Å². The maximum atomic E-state index is 12.8. The second-order valence-electron chi connectivity index (χ2n) is 5.10. The van der Waals surface area contributed by atoms with Crippen molar-refractivity contribution in [2.24, 2.45) is 5.92 Å². The van der Waals surface area contributed by atoms with Crippen molar-refractivity contribution in [2.45, 2.75) is 19.0 Å². The number of nitrogens with zero attached hydrogens (tertiary/aromatic N) is 4. The van der Waals surface area contributed by atoms with Gasteiger partial charge in [0.2, 0.25) is 0 Å². The molecule has 114 valence electrons. The molecule has 1 saturated heterocycles. The molecule has 3 heterocycles. The van der Waals surface area contributed by atoms with Crippen LogP contribution in [0.15, 0.2) is 12.1 Å². The fourth-order valence-electron chi connectivity index (χ4n) is 2.41. The van der Waals surface area contributed by atoms with Gasteiger partial charge in [-0.15, -0.1) is 15.3 Å². The summed E-state index contributed by atoms with van der Waals surface area (Å²) in [6.45, 7) is 2.61. The van der Waals surface area contributed by atoms with Crippen LogP contribution < -0.4 is 10.6 Å². The van der Waals surface area contributed by atoms with Crippen molar-refractivity contribution in [3.05, 3.63) is 18.0 Å². The zero-order chi connectivity index (χ0) is 14.9. The lowest BCUT2D eigenvalue weighted by Crippen LogP contribution is -2.33. The van der Waals surface area contributed by atoms with Crippen LogP contribution in [0.3, 0.4) is 0 Å². The molecule has 1 fully saturated rings. The summed E-state index contributed by atoms with van der Waals surface area (Å²) < 4.78 is 39.0. The molecule has 3 rings (SSSR count). The molecule has 21 heavy (non-hydrogen) atoms. The fraction of sp³-hybridized carbons (Fsp3) is 0.583. The first-order valence-corrected chi connectivity index (χ1v) is 6.78. The predicted octanol–water partition coefficient (Wildman–Crippen LogP) is 1.55. The van der Waals surface area contributed by atoms with E-state index in [-0.39, 0.29) is 5.65 Å². The van der Waals surface area contributed by atoms with Crippen LogP contribution in [0.1, 0.15) is 18.7 Å². The lowest BCUT2D eigenvalue weighted by molar-refractivity contribution is -0.146. The Hall–Kier alpha value is -1.90. The number of alkyl halides is 3. The molecule has 0 aliphatic carbocycles. The van der Waals surface area contributed by atoms with Gasteiger partial charge in [0, 0.05) is 6.54 Å². The number of nitrogens with one attached hydrogen (secondary N) is 2. The zero-order valence-electron chi connectivity index (χ0n) is 11.2. The summed E-state index contributed by atoms with van der Waals surface area (Å²) in [6, 6.07) is 3.08. The van der Waals surface area contributed by atoms with Gasteiger partial charge in [-0.3, -0.25) is 0 Å². The Bertz CT molecular complexity index is 617. The molecule has 1 aliphatic rings. The molecule has 1 unspecified atom stereocenters. The van der Waals surface area contributed by atoms with E-state index in [4.69, 9.17) is 0 Å². The lowest BCUT2D eigenvalue weighted by Gasteiger charge is -2.23. The minimum absolute atomic E-state index is 0.0761. The molecule has 2 N–H and O–H groups in total. The van der Waals surface area contributed by atoms with Crippen molar-refractivity contribution >= 4 is 11.5 Å². The molecule has 2 aromatic heterocycles. The van der Waals surface area contributed by atoms with Crippen LogP contribution in [0.4, 0.5) is 19.0 Å². The van der Waals surface area contributed by atoms with Crippen molar-refractivity contribution in [1.82, 2.24) is 25.1 Å². The van der Waals surface area contributed by atoms with E-state index in [9.17, 15) is 13.2 Å². The van der Waals surface area contributed by atoms with E-state index in [1.54, 1.807) is 6.07 Å². The Balaban J connectivity index is 1.76. The molecule has 2 aromatic rings. The van der Waals surface area contributed by atoms with E-state index in [0.29, 0.717) is 18.3 Å². The van der Waals surface area contributed by atoms with Gasteiger partial charge in [0.15, 0.2) is 5.65 Å². The third kappa shape index (κ3) is 3.07. The summed E-state index contributed by atoms with van der Waals surface area (Å²) in [5, 5.41) is 16.9. The van der Waals surface area contributed by atoms with Crippen LogP contribution in [0, 0.1) is 5.92 Å². The fourth-order valence-corrected chi connectivity index (χ4v) is 2.41. The van der Waals surface area contributed by atoms with Crippen molar-refractivity contribution in [2.75, 3.05) is 25.0 Å². The number of piperidine rings is 1. The summed E-state index contributed by atoms with van der Waals surface area (Å²) in [4.78, 5) is 0. The van der Waals surface area contributed by atoms with Gasteiger partial charge in [-0.1, -0.05) is 0 Å². The van der Waals surface area contributed by atoms with E-state index in [0.717, 1.165) is 30.4 Å². The minimum Gasteiger partial charge on any atom is -0.368 e. The Morgan fingerprint density at radius 3 is 2.90 bits per heavy atom. The minimum atomic E-state index is -4.57. The molecule has 0 saturated carbocycles. The topological polar surface area (TPSA) is 67.1 Å². The molecule has 0 radical (unpaired) electrons. The highest BCUT2D eigenvalue weighted by atomic mass is 19.4. The lowest BCUT2D eigenvalue weighted by atomic mass is 10.00. The summed E-state index contributed by atoms with van der Waals surface area (Å²) in [5.41, 5.74) is 0.0761. The molecule has 0 bridgehead atoms. The summed E-state index contributed by atoms with van der Waals surface area (Å²) >= 11 is 0. The summed E-state index contributed by atoms with van der Waals surface area (Å²) in [5.74, 6) is -0.266. The van der Waals surface area contributed by atoms with Gasteiger partial charge in [-0.05, 0) is 44.0 Å². The molecular formula is C12H15F3N6. The standard InChI is InChI=1S/C12H15F3N6/c13-12(14,15)11-19-18-10-4-3-9(20-21(10)11)17-7-8-2-1-5-16-6-8/h3-4,8,16H,1-2,5-7H2,(H,17,20). The Labute approximate surface area is 118 Å². The number of hydrogen-bond donors (Lipinski definition) is 2. The maximum absolute atomic E-state index is 12.8. The Kier molecular flexibility index (Phi) is 3.66.